The highest BCUT2D eigenvalue weighted by Crippen LogP contribution is 2.26. The lowest BCUT2D eigenvalue weighted by Gasteiger charge is -2.09. The number of imide groups is 1. The molecule has 0 atom stereocenters. The van der Waals surface area contributed by atoms with Gasteiger partial charge in [0.05, 0.1) is 23.4 Å². The number of pyridine rings is 1. The van der Waals surface area contributed by atoms with Crippen molar-refractivity contribution in [2.24, 2.45) is 0 Å². The van der Waals surface area contributed by atoms with Crippen molar-refractivity contribution in [3.63, 3.8) is 0 Å². The fourth-order valence-electron chi connectivity index (χ4n) is 2.72. The second-order valence-electron chi connectivity index (χ2n) is 6.64. The number of amides is 2. The molecule has 0 radical (unpaired) electrons. The second kappa shape index (κ2) is 9.54. The Morgan fingerprint density at radius 2 is 1.59 bits per heavy atom. The zero-order valence-electron chi connectivity index (χ0n) is 17.2. The van der Waals surface area contributed by atoms with E-state index in [9.17, 15) is 9.59 Å². The standard InChI is InChI=1S/C20H16N3O4.CH4O3S/c1-26-16-4-2-14(3-5-16)17-12-21-20(27-17)15-8-10-22(11-9-15)13-23-18(24)6-7-19(23)25;1-5(2,3)4/h2-12H,13H2,1H3;1H3,(H,2,3,4)/q+1;/p-1. The number of benzene rings is 1. The van der Waals surface area contributed by atoms with Gasteiger partial charge in [0.1, 0.15) is 5.75 Å². The Bertz CT molecular complexity index is 1220. The summed E-state index contributed by atoms with van der Waals surface area (Å²) in [6, 6.07) is 11.2. The highest BCUT2D eigenvalue weighted by atomic mass is 32.2. The molecule has 2 amide bonds. The molecular formula is C21H19N3O7S. The molecule has 0 aliphatic carbocycles. The topological polar surface area (TPSA) is 134 Å². The van der Waals surface area contributed by atoms with Crippen LogP contribution in [-0.2, 0) is 26.4 Å². The van der Waals surface area contributed by atoms with Gasteiger partial charge in [-0.1, -0.05) is 0 Å². The van der Waals surface area contributed by atoms with Gasteiger partial charge in [0, 0.05) is 41.7 Å². The van der Waals surface area contributed by atoms with Crippen molar-refractivity contribution in [2.75, 3.05) is 13.4 Å². The molecule has 0 fully saturated rings. The van der Waals surface area contributed by atoms with Gasteiger partial charge in [0.2, 0.25) is 12.6 Å². The summed E-state index contributed by atoms with van der Waals surface area (Å²) < 4.78 is 40.0. The largest absolute Gasteiger partial charge is 0.748 e. The van der Waals surface area contributed by atoms with Crippen molar-refractivity contribution in [3.05, 3.63) is 67.1 Å². The number of oxazole rings is 1. The van der Waals surface area contributed by atoms with Crippen LogP contribution in [0.4, 0.5) is 0 Å². The molecule has 0 bridgehead atoms. The van der Waals surface area contributed by atoms with E-state index >= 15 is 0 Å². The van der Waals surface area contributed by atoms with Crippen LogP contribution in [0.2, 0.25) is 0 Å². The van der Waals surface area contributed by atoms with Gasteiger partial charge in [0.15, 0.2) is 18.2 Å². The molecule has 4 rings (SSSR count). The van der Waals surface area contributed by atoms with E-state index in [-0.39, 0.29) is 18.5 Å². The maximum absolute atomic E-state index is 11.6. The van der Waals surface area contributed by atoms with Gasteiger partial charge in [-0.05, 0) is 24.3 Å². The smallest absolute Gasteiger partial charge is 0.258 e. The fourth-order valence-corrected chi connectivity index (χ4v) is 2.72. The lowest BCUT2D eigenvalue weighted by molar-refractivity contribution is -0.709. The summed E-state index contributed by atoms with van der Waals surface area (Å²) in [6.45, 7) is 0.160. The van der Waals surface area contributed by atoms with Crippen molar-refractivity contribution < 1.29 is 36.3 Å². The number of carbonyl (C=O) groups is 2. The molecule has 1 aliphatic rings. The monoisotopic (exact) mass is 457 g/mol. The minimum absolute atomic E-state index is 0.160. The van der Waals surface area contributed by atoms with E-state index in [4.69, 9.17) is 22.1 Å². The van der Waals surface area contributed by atoms with Crippen molar-refractivity contribution in [1.82, 2.24) is 9.88 Å². The van der Waals surface area contributed by atoms with Crippen LogP contribution in [0.3, 0.4) is 0 Å². The molecule has 166 valence electrons. The lowest BCUT2D eigenvalue weighted by atomic mass is 10.2. The van der Waals surface area contributed by atoms with E-state index in [0.717, 1.165) is 21.8 Å². The Kier molecular flexibility index (Phi) is 6.81. The van der Waals surface area contributed by atoms with Gasteiger partial charge >= 0.3 is 0 Å². The molecule has 0 spiro atoms. The summed E-state index contributed by atoms with van der Waals surface area (Å²) in [6.07, 6.45) is 8.35. The average Bonchev–Trinajstić information content (AvgIpc) is 3.36. The maximum atomic E-state index is 11.6. The molecule has 0 unspecified atom stereocenters. The number of nitrogens with zero attached hydrogens (tertiary/aromatic N) is 3. The first-order valence-corrected chi connectivity index (χ1v) is 11.0. The van der Waals surface area contributed by atoms with Gasteiger partial charge in [-0.3, -0.25) is 9.59 Å². The Labute approximate surface area is 184 Å². The van der Waals surface area contributed by atoms with Gasteiger partial charge in [0.25, 0.3) is 11.8 Å². The number of aromatic nitrogens is 2. The van der Waals surface area contributed by atoms with Crippen molar-refractivity contribution in [1.29, 1.82) is 0 Å². The van der Waals surface area contributed by atoms with Crippen LogP contribution in [0, 0.1) is 0 Å². The van der Waals surface area contributed by atoms with Crippen LogP contribution >= 0.6 is 0 Å². The minimum Gasteiger partial charge on any atom is -0.748 e. The van der Waals surface area contributed by atoms with Crippen molar-refractivity contribution in [2.45, 2.75) is 6.67 Å². The molecule has 0 saturated carbocycles. The third-order valence-corrected chi connectivity index (χ3v) is 4.22. The first kappa shape index (κ1) is 22.8. The van der Waals surface area contributed by atoms with Crippen LogP contribution in [0.5, 0.6) is 5.75 Å². The van der Waals surface area contributed by atoms with Gasteiger partial charge in [-0.15, -0.1) is 0 Å². The number of rotatable bonds is 5. The maximum Gasteiger partial charge on any atom is 0.258 e. The van der Waals surface area contributed by atoms with E-state index in [1.807, 2.05) is 36.4 Å². The van der Waals surface area contributed by atoms with Crippen LogP contribution in [0.25, 0.3) is 22.8 Å². The first-order chi connectivity index (χ1) is 15.1. The highest BCUT2D eigenvalue weighted by Gasteiger charge is 2.26. The molecule has 2 aromatic heterocycles. The molecule has 1 aliphatic heterocycles. The Hall–Kier alpha value is -3.83. The predicted octanol–water partition coefficient (Wildman–Crippen LogP) is 1.35. The fraction of sp³-hybridized carbons (Fsp3) is 0.143. The quantitative estimate of drug-likeness (QED) is 0.318. The third kappa shape index (κ3) is 6.09. The molecule has 1 aromatic carbocycles. The zero-order valence-corrected chi connectivity index (χ0v) is 18.0. The number of carbonyl (C=O) groups excluding carboxylic acids is 2. The third-order valence-electron chi connectivity index (χ3n) is 4.22. The van der Waals surface area contributed by atoms with Gasteiger partial charge in [-0.2, -0.15) is 4.57 Å². The molecular weight excluding hydrogens is 438 g/mol. The lowest BCUT2D eigenvalue weighted by Crippen LogP contribution is -2.45. The van der Waals surface area contributed by atoms with E-state index < -0.39 is 10.1 Å². The predicted molar refractivity (Wildman–Crippen MR) is 111 cm³/mol. The van der Waals surface area contributed by atoms with E-state index in [2.05, 4.69) is 4.98 Å². The number of hydrogen-bond acceptors (Lipinski definition) is 8. The molecule has 0 saturated heterocycles. The average molecular weight is 457 g/mol. The summed E-state index contributed by atoms with van der Waals surface area (Å²) in [7, 11) is -2.30. The van der Waals surface area contributed by atoms with Crippen LogP contribution in [0.1, 0.15) is 0 Å². The van der Waals surface area contributed by atoms with Crippen LogP contribution < -0.4 is 9.30 Å². The van der Waals surface area contributed by atoms with Crippen LogP contribution in [-0.4, -0.2) is 48.0 Å². The first-order valence-electron chi connectivity index (χ1n) is 9.18. The summed E-state index contributed by atoms with van der Waals surface area (Å²) in [5, 5.41) is 0. The summed E-state index contributed by atoms with van der Waals surface area (Å²) in [5.74, 6) is 1.30. The van der Waals surface area contributed by atoms with E-state index in [0.29, 0.717) is 17.9 Å². The Balaban J connectivity index is 0.000000523. The molecule has 32 heavy (non-hydrogen) atoms. The van der Waals surface area contributed by atoms with Crippen molar-refractivity contribution >= 4 is 21.9 Å². The van der Waals surface area contributed by atoms with E-state index in [1.54, 1.807) is 30.3 Å². The number of methoxy groups -OCH3 is 1. The highest BCUT2D eigenvalue weighted by molar-refractivity contribution is 7.84. The van der Waals surface area contributed by atoms with Gasteiger partial charge in [-0.25, -0.2) is 18.3 Å². The SMILES string of the molecule is COc1ccc(-c2cnc(-c3cc[n+](CN4C(=O)C=CC4=O)cc3)o2)cc1.CS(=O)(=O)[O-]. The van der Waals surface area contributed by atoms with Crippen LogP contribution in [0.15, 0.2) is 71.6 Å². The second-order valence-corrected chi connectivity index (χ2v) is 8.05. The summed E-state index contributed by atoms with van der Waals surface area (Å²) in [5.41, 5.74) is 1.70. The number of ether oxygens (including phenoxy) is 1. The normalized spacial score (nSPS) is 13.2. The Morgan fingerprint density at radius 3 is 2.12 bits per heavy atom. The molecule has 0 N–H and O–H groups in total. The Morgan fingerprint density at radius 1 is 1.03 bits per heavy atom. The zero-order chi connectivity index (χ0) is 23.3. The van der Waals surface area contributed by atoms with Crippen molar-refractivity contribution in [3.8, 4) is 28.5 Å². The molecule has 10 nitrogen and oxygen atoms in total. The molecule has 11 heteroatoms. The molecule has 3 aromatic rings. The van der Waals surface area contributed by atoms with Gasteiger partial charge < -0.3 is 13.7 Å². The van der Waals surface area contributed by atoms with E-state index in [1.165, 1.54) is 12.2 Å². The molecule has 3 heterocycles. The summed E-state index contributed by atoms with van der Waals surface area (Å²) in [4.78, 5) is 28.7. The summed E-state index contributed by atoms with van der Waals surface area (Å²) >= 11 is 0. The minimum atomic E-state index is -3.92. The number of hydrogen-bond donors (Lipinski definition) is 0.